The Morgan fingerprint density at radius 3 is 2.21 bits per heavy atom. The predicted molar refractivity (Wildman–Crippen MR) is 164 cm³/mol. The van der Waals surface area contributed by atoms with E-state index in [4.69, 9.17) is 11.5 Å². The quantitative estimate of drug-likeness (QED) is 0.348. The van der Waals surface area contributed by atoms with Gasteiger partial charge in [-0.05, 0) is 61.1 Å². The van der Waals surface area contributed by atoms with E-state index in [9.17, 15) is 14.4 Å². The first-order valence-electron chi connectivity index (χ1n) is 14.9. The van der Waals surface area contributed by atoms with E-state index in [1.807, 2.05) is 35.2 Å². The highest BCUT2D eigenvalue weighted by Crippen LogP contribution is 2.35. The standard InChI is InChI=1S/C34H41N5O3/c1-23(35)33(41)37-31(18-24-9-8-14-27(17-24)32(36)40)34(42)39-21-29(26-12-6-3-7-13-26)19-30(39)22-38-16-15-28(20-38)25-10-4-2-5-11-25/h2-14,17,23,28-31H,15-16,18-22,35H2,1H3,(H2,36,40)(H,37,41)/t23-,28?,29-,30-,31-/m0/s1. The fourth-order valence-electron chi connectivity index (χ4n) is 6.41. The first kappa shape index (κ1) is 29.5. The first-order chi connectivity index (χ1) is 20.3. The molecule has 0 radical (unpaired) electrons. The molecular weight excluding hydrogens is 526 g/mol. The third-order valence-electron chi connectivity index (χ3n) is 8.66. The Kier molecular flexibility index (Phi) is 9.35. The molecule has 5 N–H and O–H groups in total. The highest BCUT2D eigenvalue weighted by molar-refractivity contribution is 5.93. The second-order valence-electron chi connectivity index (χ2n) is 11.8. The summed E-state index contributed by atoms with van der Waals surface area (Å²) in [6.45, 7) is 4.91. The lowest BCUT2D eigenvalue weighted by molar-refractivity contribution is -0.137. The van der Waals surface area contributed by atoms with Crippen LogP contribution in [0.4, 0.5) is 0 Å². The number of hydrogen-bond donors (Lipinski definition) is 3. The minimum atomic E-state index is -0.820. The highest BCUT2D eigenvalue weighted by Gasteiger charge is 2.40. The average Bonchev–Trinajstić information content (AvgIpc) is 3.65. The van der Waals surface area contributed by atoms with Crippen molar-refractivity contribution < 1.29 is 14.4 Å². The molecule has 3 aromatic rings. The van der Waals surface area contributed by atoms with Crippen LogP contribution < -0.4 is 16.8 Å². The number of benzene rings is 3. The Bertz CT molecular complexity index is 1380. The molecule has 2 aliphatic rings. The van der Waals surface area contributed by atoms with Crippen molar-refractivity contribution in [2.45, 2.75) is 56.1 Å². The first-order valence-corrected chi connectivity index (χ1v) is 14.9. The minimum Gasteiger partial charge on any atom is -0.366 e. The van der Waals surface area contributed by atoms with Crippen molar-refractivity contribution in [3.63, 3.8) is 0 Å². The van der Waals surface area contributed by atoms with Crippen LogP contribution in [0.2, 0.25) is 0 Å². The van der Waals surface area contributed by atoms with Crippen LogP contribution in [0.3, 0.4) is 0 Å². The number of rotatable bonds is 10. The van der Waals surface area contributed by atoms with Crippen LogP contribution in [0.5, 0.6) is 0 Å². The number of nitrogens with zero attached hydrogens (tertiary/aromatic N) is 2. The molecule has 2 heterocycles. The van der Waals surface area contributed by atoms with Gasteiger partial charge in [-0.15, -0.1) is 0 Å². The Hall–Kier alpha value is -4.01. The van der Waals surface area contributed by atoms with Crippen molar-refractivity contribution >= 4 is 17.7 Å². The van der Waals surface area contributed by atoms with Crippen molar-refractivity contribution in [3.8, 4) is 0 Å². The maximum Gasteiger partial charge on any atom is 0.248 e. The van der Waals surface area contributed by atoms with E-state index < -0.39 is 18.0 Å². The molecule has 0 aliphatic carbocycles. The predicted octanol–water partition coefficient (Wildman–Crippen LogP) is 3.03. The lowest BCUT2D eigenvalue weighted by Gasteiger charge is -2.32. The zero-order chi connectivity index (χ0) is 29.6. The van der Waals surface area contributed by atoms with Crippen LogP contribution in [-0.2, 0) is 16.0 Å². The van der Waals surface area contributed by atoms with Gasteiger partial charge in [-0.25, -0.2) is 0 Å². The highest BCUT2D eigenvalue weighted by atomic mass is 16.2. The summed E-state index contributed by atoms with van der Waals surface area (Å²) >= 11 is 0. The van der Waals surface area contributed by atoms with Crippen LogP contribution >= 0.6 is 0 Å². The third-order valence-corrected chi connectivity index (χ3v) is 8.66. The zero-order valence-corrected chi connectivity index (χ0v) is 24.2. The molecular formula is C34H41N5O3. The topological polar surface area (TPSA) is 122 Å². The molecule has 2 aliphatic heterocycles. The van der Waals surface area contributed by atoms with Crippen molar-refractivity contribution in [1.82, 2.24) is 15.1 Å². The van der Waals surface area contributed by atoms with Gasteiger partial charge >= 0.3 is 0 Å². The molecule has 8 heteroatoms. The molecule has 2 fully saturated rings. The number of primary amides is 1. The Morgan fingerprint density at radius 1 is 0.905 bits per heavy atom. The smallest absolute Gasteiger partial charge is 0.248 e. The van der Waals surface area contributed by atoms with E-state index in [0.717, 1.165) is 38.0 Å². The van der Waals surface area contributed by atoms with Gasteiger partial charge in [-0.1, -0.05) is 72.8 Å². The molecule has 42 heavy (non-hydrogen) atoms. The van der Waals surface area contributed by atoms with Crippen molar-refractivity contribution in [2.75, 3.05) is 26.2 Å². The fraction of sp³-hybridized carbons (Fsp3) is 0.382. The fourth-order valence-corrected chi connectivity index (χ4v) is 6.41. The molecule has 0 aromatic heterocycles. The van der Waals surface area contributed by atoms with Gasteiger partial charge in [0.25, 0.3) is 0 Å². The maximum atomic E-state index is 14.3. The van der Waals surface area contributed by atoms with Gasteiger partial charge in [0.1, 0.15) is 6.04 Å². The van der Waals surface area contributed by atoms with Gasteiger partial charge in [-0.3, -0.25) is 14.4 Å². The number of carbonyl (C=O) groups excluding carboxylic acids is 3. The summed E-state index contributed by atoms with van der Waals surface area (Å²) in [5, 5.41) is 2.90. The normalized spacial score (nSPS) is 22.0. The zero-order valence-electron chi connectivity index (χ0n) is 24.2. The summed E-state index contributed by atoms with van der Waals surface area (Å²) in [6, 6.07) is 26.3. The molecule has 220 valence electrons. The minimum absolute atomic E-state index is 0.00360. The van der Waals surface area contributed by atoms with Gasteiger partial charge in [-0.2, -0.15) is 0 Å². The number of nitrogens with two attached hydrogens (primary N) is 2. The lowest BCUT2D eigenvalue weighted by atomic mass is 9.96. The summed E-state index contributed by atoms with van der Waals surface area (Å²) in [7, 11) is 0. The molecule has 3 aromatic carbocycles. The molecule has 2 saturated heterocycles. The number of likely N-dealkylation sites (tertiary alicyclic amines) is 2. The van der Waals surface area contributed by atoms with Crippen LogP contribution in [0.1, 0.15) is 58.6 Å². The van der Waals surface area contributed by atoms with Crippen LogP contribution in [0.15, 0.2) is 84.9 Å². The molecule has 5 rings (SSSR count). The lowest BCUT2D eigenvalue weighted by Crippen LogP contribution is -2.55. The molecule has 3 amide bonds. The summed E-state index contributed by atoms with van der Waals surface area (Å²) in [6.07, 6.45) is 2.18. The summed E-state index contributed by atoms with van der Waals surface area (Å²) in [4.78, 5) is 43.3. The van der Waals surface area contributed by atoms with Crippen molar-refractivity contribution in [1.29, 1.82) is 0 Å². The average molecular weight is 568 g/mol. The summed E-state index contributed by atoms with van der Waals surface area (Å²) in [5.41, 5.74) is 15.1. The number of hydrogen-bond acceptors (Lipinski definition) is 5. The van der Waals surface area contributed by atoms with Gasteiger partial charge in [0.05, 0.1) is 6.04 Å². The second-order valence-corrected chi connectivity index (χ2v) is 11.8. The Balaban J connectivity index is 1.38. The number of carbonyl (C=O) groups is 3. The van der Waals surface area contributed by atoms with Gasteiger partial charge in [0.15, 0.2) is 0 Å². The number of amides is 3. The molecule has 1 unspecified atom stereocenters. The van der Waals surface area contributed by atoms with Gasteiger partial charge in [0, 0.05) is 43.6 Å². The van der Waals surface area contributed by atoms with Crippen LogP contribution in [0, 0.1) is 0 Å². The van der Waals surface area contributed by atoms with E-state index in [0.29, 0.717) is 18.0 Å². The Labute approximate surface area is 248 Å². The largest absolute Gasteiger partial charge is 0.366 e. The molecule has 0 saturated carbocycles. The van der Waals surface area contributed by atoms with E-state index in [1.54, 1.807) is 25.1 Å². The van der Waals surface area contributed by atoms with E-state index in [1.165, 1.54) is 11.1 Å². The van der Waals surface area contributed by atoms with Gasteiger partial charge in [0.2, 0.25) is 17.7 Å². The van der Waals surface area contributed by atoms with Gasteiger partial charge < -0.3 is 26.6 Å². The summed E-state index contributed by atoms with van der Waals surface area (Å²) < 4.78 is 0. The molecule has 0 bridgehead atoms. The molecule has 8 nitrogen and oxygen atoms in total. The molecule has 5 atom stereocenters. The second kappa shape index (κ2) is 13.3. The van der Waals surface area contributed by atoms with Crippen LogP contribution in [0.25, 0.3) is 0 Å². The maximum absolute atomic E-state index is 14.3. The van der Waals surface area contributed by atoms with E-state index in [-0.39, 0.29) is 30.2 Å². The summed E-state index contributed by atoms with van der Waals surface area (Å²) in [5.74, 6) is -0.368. The van der Waals surface area contributed by atoms with Crippen molar-refractivity contribution in [2.24, 2.45) is 11.5 Å². The SMILES string of the molecule is C[C@H](N)C(=O)N[C@@H](Cc1cccc(C(N)=O)c1)C(=O)N1C[C@@H](c2ccccc2)C[C@H]1CN1CCC(c2ccccc2)C1. The van der Waals surface area contributed by atoms with E-state index in [2.05, 4.69) is 46.6 Å². The molecule has 0 spiro atoms. The number of nitrogens with one attached hydrogen (secondary N) is 1. The van der Waals surface area contributed by atoms with Crippen LogP contribution in [-0.4, -0.2) is 71.8 Å². The van der Waals surface area contributed by atoms with Crippen molar-refractivity contribution in [3.05, 3.63) is 107 Å². The Morgan fingerprint density at radius 2 is 1.57 bits per heavy atom. The third kappa shape index (κ3) is 7.06. The van der Waals surface area contributed by atoms with E-state index >= 15 is 0 Å². The monoisotopic (exact) mass is 567 g/mol.